The van der Waals surface area contributed by atoms with Crippen molar-refractivity contribution in [3.63, 3.8) is 0 Å². The van der Waals surface area contributed by atoms with Crippen molar-refractivity contribution >= 4 is 16.9 Å². The first-order valence-electron chi connectivity index (χ1n) is 6.59. The molecule has 1 atom stereocenters. The molecule has 0 aliphatic rings. The van der Waals surface area contributed by atoms with Gasteiger partial charge in [-0.1, -0.05) is 0 Å². The molecule has 0 bridgehead atoms. The van der Waals surface area contributed by atoms with Gasteiger partial charge in [0.2, 0.25) is 11.7 Å². The predicted molar refractivity (Wildman–Crippen MR) is 80.4 cm³/mol. The molecule has 22 heavy (non-hydrogen) atoms. The minimum absolute atomic E-state index is 0.0400. The van der Waals surface area contributed by atoms with Crippen LogP contribution in [0.25, 0.3) is 10.9 Å². The van der Waals surface area contributed by atoms with Crippen LogP contribution in [0.4, 0.5) is 5.95 Å². The van der Waals surface area contributed by atoms with Crippen molar-refractivity contribution in [3.05, 3.63) is 11.8 Å². The zero-order chi connectivity index (χ0) is 16.3. The standard InChI is InChI=1S/C14H19N3O5/c1-20-10-5-8-9(4-7(19)6-18)16-14(15)17-11(8)13(22-3)12(10)21-2/h5,7,18-19H,4,6H2,1-3H3,(H2,15,16,17). The number of fused-ring (bicyclic) bond motifs is 1. The Morgan fingerprint density at radius 3 is 2.36 bits per heavy atom. The quantitative estimate of drug-likeness (QED) is 0.689. The van der Waals surface area contributed by atoms with Gasteiger partial charge in [-0.15, -0.1) is 0 Å². The van der Waals surface area contributed by atoms with Crippen LogP contribution >= 0.6 is 0 Å². The van der Waals surface area contributed by atoms with Gasteiger partial charge in [0.25, 0.3) is 0 Å². The van der Waals surface area contributed by atoms with Crippen LogP contribution in [0, 0.1) is 0 Å². The summed E-state index contributed by atoms with van der Waals surface area (Å²) in [6, 6.07) is 1.69. The van der Waals surface area contributed by atoms with Crippen LogP contribution in [0.3, 0.4) is 0 Å². The zero-order valence-electron chi connectivity index (χ0n) is 12.7. The normalized spacial score (nSPS) is 12.2. The SMILES string of the molecule is COc1cc2c(CC(O)CO)nc(N)nc2c(OC)c1OC. The molecule has 1 aromatic carbocycles. The second-order valence-corrected chi connectivity index (χ2v) is 4.61. The Balaban J connectivity index is 2.77. The van der Waals surface area contributed by atoms with E-state index in [1.165, 1.54) is 21.3 Å². The topological polar surface area (TPSA) is 120 Å². The van der Waals surface area contributed by atoms with Crippen LogP contribution < -0.4 is 19.9 Å². The smallest absolute Gasteiger partial charge is 0.220 e. The highest BCUT2D eigenvalue weighted by atomic mass is 16.5. The molecule has 1 heterocycles. The molecular weight excluding hydrogens is 290 g/mol. The van der Waals surface area contributed by atoms with Gasteiger partial charge in [-0.3, -0.25) is 0 Å². The van der Waals surface area contributed by atoms with Crippen LogP contribution in [0.1, 0.15) is 5.69 Å². The summed E-state index contributed by atoms with van der Waals surface area (Å²) in [5, 5.41) is 19.3. The highest BCUT2D eigenvalue weighted by Crippen LogP contribution is 2.43. The maximum Gasteiger partial charge on any atom is 0.220 e. The Labute approximate surface area is 127 Å². The molecule has 8 nitrogen and oxygen atoms in total. The van der Waals surface area contributed by atoms with Crippen LogP contribution in [0.15, 0.2) is 6.07 Å². The van der Waals surface area contributed by atoms with E-state index in [2.05, 4.69) is 9.97 Å². The van der Waals surface area contributed by atoms with E-state index in [0.29, 0.717) is 33.8 Å². The van der Waals surface area contributed by atoms with E-state index >= 15 is 0 Å². The molecule has 0 radical (unpaired) electrons. The molecule has 1 aromatic heterocycles. The van der Waals surface area contributed by atoms with Gasteiger partial charge < -0.3 is 30.2 Å². The third-order valence-corrected chi connectivity index (χ3v) is 3.23. The third kappa shape index (κ3) is 2.83. The summed E-state index contributed by atoms with van der Waals surface area (Å²) in [6.07, 6.45) is -0.824. The van der Waals surface area contributed by atoms with Crippen LogP contribution in [-0.2, 0) is 6.42 Å². The Morgan fingerprint density at radius 1 is 1.14 bits per heavy atom. The van der Waals surface area contributed by atoms with Gasteiger partial charge >= 0.3 is 0 Å². The maximum absolute atomic E-state index is 9.68. The molecule has 0 aliphatic heterocycles. The van der Waals surface area contributed by atoms with E-state index in [1.807, 2.05) is 0 Å². The number of hydrogen-bond acceptors (Lipinski definition) is 8. The minimum Gasteiger partial charge on any atom is -0.493 e. The van der Waals surface area contributed by atoms with Gasteiger partial charge in [0.15, 0.2) is 11.5 Å². The van der Waals surface area contributed by atoms with Crippen LogP contribution in [-0.4, -0.2) is 54.2 Å². The first-order valence-corrected chi connectivity index (χ1v) is 6.59. The van der Waals surface area contributed by atoms with E-state index < -0.39 is 6.10 Å². The van der Waals surface area contributed by atoms with E-state index in [-0.39, 0.29) is 19.0 Å². The molecule has 0 saturated carbocycles. The summed E-state index contributed by atoms with van der Waals surface area (Å²) in [4.78, 5) is 8.33. The van der Waals surface area contributed by atoms with Crippen molar-refractivity contribution in [2.24, 2.45) is 0 Å². The third-order valence-electron chi connectivity index (χ3n) is 3.23. The Kier molecular flexibility index (Phi) is 4.84. The summed E-state index contributed by atoms with van der Waals surface area (Å²) in [7, 11) is 4.48. The number of rotatable bonds is 6. The van der Waals surface area contributed by atoms with Gasteiger partial charge in [-0.2, -0.15) is 0 Å². The largest absolute Gasteiger partial charge is 0.493 e. The summed E-state index contributed by atoms with van der Waals surface area (Å²) in [5.74, 6) is 1.24. The lowest BCUT2D eigenvalue weighted by Crippen LogP contribution is -2.17. The number of ether oxygens (including phenoxy) is 3. The summed E-state index contributed by atoms with van der Waals surface area (Å²) in [5.41, 5.74) is 6.67. The van der Waals surface area contributed by atoms with E-state index in [1.54, 1.807) is 6.07 Å². The number of nitrogen functional groups attached to an aromatic ring is 1. The summed E-state index contributed by atoms with van der Waals surface area (Å²) >= 11 is 0. The Hall–Kier alpha value is -2.32. The number of aromatic nitrogens is 2. The molecule has 4 N–H and O–H groups in total. The Morgan fingerprint density at radius 2 is 1.82 bits per heavy atom. The molecule has 0 aliphatic carbocycles. The van der Waals surface area contributed by atoms with Gasteiger partial charge in [0, 0.05) is 11.8 Å². The maximum atomic E-state index is 9.68. The van der Waals surface area contributed by atoms with E-state index in [0.717, 1.165) is 0 Å². The Bertz CT molecular complexity index is 677. The fraction of sp³-hybridized carbons (Fsp3) is 0.429. The molecule has 1 unspecified atom stereocenters. The van der Waals surface area contributed by atoms with Gasteiger partial charge in [-0.25, -0.2) is 9.97 Å². The summed E-state index contributed by atoms with van der Waals surface area (Å²) < 4.78 is 16.0. The van der Waals surface area contributed by atoms with Crippen molar-refractivity contribution in [1.29, 1.82) is 0 Å². The highest BCUT2D eigenvalue weighted by molar-refractivity contribution is 5.92. The number of nitrogens with zero attached hydrogens (tertiary/aromatic N) is 2. The number of aliphatic hydroxyl groups is 2. The number of hydrogen-bond donors (Lipinski definition) is 3. The first-order chi connectivity index (χ1) is 10.5. The van der Waals surface area contributed by atoms with Crippen molar-refractivity contribution in [2.45, 2.75) is 12.5 Å². The van der Waals surface area contributed by atoms with Crippen molar-refractivity contribution in [3.8, 4) is 17.2 Å². The van der Waals surface area contributed by atoms with Crippen molar-refractivity contribution in [2.75, 3.05) is 33.7 Å². The molecule has 2 aromatic rings. The van der Waals surface area contributed by atoms with E-state index in [4.69, 9.17) is 25.1 Å². The fourth-order valence-electron chi connectivity index (χ4n) is 2.25. The molecule has 2 rings (SSSR count). The first kappa shape index (κ1) is 16.1. The monoisotopic (exact) mass is 309 g/mol. The number of benzene rings is 1. The fourth-order valence-corrected chi connectivity index (χ4v) is 2.25. The lowest BCUT2D eigenvalue weighted by Gasteiger charge is -2.16. The van der Waals surface area contributed by atoms with Crippen LogP contribution in [0.5, 0.6) is 17.2 Å². The van der Waals surface area contributed by atoms with Gasteiger partial charge in [-0.05, 0) is 6.07 Å². The minimum atomic E-state index is -0.948. The van der Waals surface area contributed by atoms with Crippen molar-refractivity contribution in [1.82, 2.24) is 9.97 Å². The van der Waals surface area contributed by atoms with Gasteiger partial charge in [0.1, 0.15) is 5.52 Å². The lowest BCUT2D eigenvalue weighted by atomic mass is 10.1. The average Bonchev–Trinajstić information content (AvgIpc) is 2.52. The number of methoxy groups -OCH3 is 3. The molecule has 120 valence electrons. The van der Waals surface area contributed by atoms with Crippen LogP contribution in [0.2, 0.25) is 0 Å². The average molecular weight is 309 g/mol. The highest BCUT2D eigenvalue weighted by Gasteiger charge is 2.21. The zero-order valence-corrected chi connectivity index (χ0v) is 12.7. The lowest BCUT2D eigenvalue weighted by molar-refractivity contribution is 0.0950. The van der Waals surface area contributed by atoms with Gasteiger partial charge in [0.05, 0.1) is 39.7 Å². The number of anilines is 1. The molecule has 8 heteroatoms. The number of aliphatic hydroxyl groups excluding tert-OH is 2. The number of nitrogens with two attached hydrogens (primary N) is 1. The molecular formula is C14H19N3O5. The van der Waals surface area contributed by atoms with Crippen molar-refractivity contribution < 1.29 is 24.4 Å². The summed E-state index contributed by atoms with van der Waals surface area (Å²) in [6.45, 7) is -0.379. The molecule has 0 fully saturated rings. The molecule has 0 saturated heterocycles. The predicted octanol–water partition coefficient (Wildman–Crippen LogP) is 0.133. The second kappa shape index (κ2) is 6.63. The van der Waals surface area contributed by atoms with E-state index in [9.17, 15) is 5.11 Å². The second-order valence-electron chi connectivity index (χ2n) is 4.61. The molecule has 0 amide bonds. The molecule has 0 spiro atoms.